The molecule has 1 aromatic rings. The van der Waals surface area contributed by atoms with Gasteiger partial charge in [-0.2, -0.15) is 0 Å². The predicted octanol–water partition coefficient (Wildman–Crippen LogP) is 2.51. The van der Waals surface area contributed by atoms with Crippen LogP contribution in [0.15, 0.2) is 18.2 Å². The summed E-state index contributed by atoms with van der Waals surface area (Å²) in [6.07, 6.45) is 1.64. The van der Waals surface area contributed by atoms with E-state index < -0.39 is 5.97 Å². The molecule has 0 spiro atoms. The second kappa shape index (κ2) is 7.14. The highest BCUT2D eigenvalue weighted by Gasteiger charge is 2.08. The van der Waals surface area contributed by atoms with E-state index in [1.54, 1.807) is 19.2 Å². The quantitative estimate of drug-likeness (QED) is 0.483. The molecule has 0 radical (unpaired) electrons. The van der Waals surface area contributed by atoms with Crippen LogP contribution in [0, 0.1) is 0 Å². The fraction of sp³-hybridized carbons (Fsp3) is 0.417. The summed E-state index contributed by atoms with van der Waals surface area (Å²) >= 11 is 5.79. The minimum absolute atomic E-state index is 0.370. The number of nitrogen functional groups attached to an aromatic ring is 1. The third-order valence-corrected chi connectivity index (χ3v) is 2.35. The van der Waals surface area contributed by atoms with Crippen molar-refractivity contribution in [2.45, 2.75) is 12.8 Å². The van der Waals surface area contributed by atoms with Crippen LogP contribution in [0.4, 0.5) is 5.69 Å². The number of nitrogens with two attached hydrogens (primary N) is 1. The maximum atomic E-state index is 11.6. The van der Waals surface area contributed by atoms with Crippen LogP contribution in [0.3, 0.4) is 0 Å². The van der Waals surface area contributed by atoms with E-state index in [1.165, 1.54) is 6.07 Å². The van der Waals surface area contributed by atoms with Gasteiger partial charge in [-0.25, -0.2) is 4.79 Å². The number of halogens is 1. The molecule has 0 saturated heterocycles. The van der Waals surface area contributed by atoms with Crippen molar-refractivity contribution < 1.29 is 14.3 Å². The predicted molar refractivity (Wildman–Crippen MR) is 67.3 cm³/mol. The van der Waals surface area contributed by atoms with E-state index in [9.17, 15) is 4.79 Å². The van der Waals surface area contributed by atoms with Crippen molar-refractivity contribution in [2.24, 2.45) is 0 Å². The van der Waals surface area contributed by atoms with Crippen LogP contribution >= 0.6 is 11.6 Å². The third kappa shape index (κ3) is 5.06. The van der Waals surface area contributed by atoms with Gasteiger partial charge in [0, 0.05) is 24.4 Å². The van der Waals surface area contributed by atoms with Crippen LogP contribution in [0.2, 0.25) is 5.02 Å². The van der Waals surface area contributed by atoms with Crippen molar-refractivity contribution >= 4 is 23.3 Å². The molecule has 5 heteroatoms. The molecule has 0 atom stereocenters. The summed E-state index contributed by atoms with van der Waals surface area (Å²) in [5.74, 6) is -0.406. The molecule has 0 saturated carbocycles. The van der Waals surface area contributed by atoms with E-state index >= 15 is 0 Å². The number of unbranched alkanes of at least 4 members (excludes halogenated alkanes) is 1. The lowest BCUT2D eigenvalue weighted by atomic mass is 10.2. The Hall–Kier alpha value is -1.26. The lowest BCUT2D eigenvalue weighted by Crippen LogP contribution is -2.07. The van der Waals surface area contributed by atoms with Gasteiger partial charge in [0.05, 0.1) is 12.2 Å². The van der Waals surface area contributed by atoms with Crippen LogP contribution in [-0.4, -0.2) is 26.3 Å². The van der Waals surface area contributed by atoms with Crippen LogP contribution in [0.1, 0.15) is 23.2 Å². The molecule has 0 unspecified atom stereocenters. The number of methoxy groups -OCH3 is 1. The van der Waals surface area contributed by atoms with E-state index in [1.807, 2.05) is 0 Å². The summed E-state index contributed by atoms with van der Waals surface area (Å²) in [5, 5.41) is 0.427. The summed E-state index contributed by atoms with van der Waals surface area (Å²) in [6.45, 7) is 1.04. The molecule has 0 heterocycles. The van der Waals surface area contributed by atoms with Crippen LogP contribution in [0.5, 0.6) is 0 Å². The first kappa shape index (κ1) is 13.8. The van der Waals surface area contributed by atoms with Gasteiger partial charge in [0.15, 0.2) is 0 Å². The molecule has 0 bridgehead atoms. The minimum atomic E-state index is -0.406. The first-order valence-electron chi connectivity index (χ1n) is 5.35. The van der Waals surface area contributed by atoms with Gasteiger partial charge in [-0.05, 0) is 31.0 Å². The second-order valence-electron chi connectivity index (χ2n) is 3.61. The van der Waals surface area contributed by atoms with Crippen molar-refractivity contribution in [3.8, 4) is 0 Å². The normalized spacial score (nSPS) is 10.2. The molecule has 0 fully saturated rings. The van der Waals surface area contributed by atoms with E-state index in [-0.39, 0.29) is 0 Å². The highest BCUT2D eigenvalue weighted by molar-refractivity contribution is 6.31. The number of rotatable bonds is 6. The first-order valence-corrected chi connectivity index (χ1v) is 5.73. The summed E-state index contributed by atoms with van der Waals surface area (Å²) in [6, 6.07) is 4.66. The van der Waals surface area contributed by atoms with Gasteiger partial charge in [0.1, 0.15) is 0 Å². The number of carbonyl (C=O) groups excluding carboxylic acids is 1. The Morgan fingerprint density at radius 2 is 2.00 bits per heavy atom. The minimum Gasteiger partial charge on any atom is -0.462 e. The molecular weight excluding hydrogens is 242 g/mol. The highest BCUT2D eigenvalue weighted by Crippen LogP contribution is 2.17. The zero-order valence-corrected chi connectivity index (χ0v) is 10.5. The van der Waals surface area contributed by atoms with Gasteiger partial charge in [0.25, 0.3) is 0 Å². The van der Waals surface area contributed by atoms with E-state index in [0.29, 0.717) is 29.5 Å². The first-order chi connectivity index (χ1) is 8.13. The fourth-order valence-corrected chi connectivity index (χ4v) is 1.57. The van der Waals surface area contributed by atoms with Gasteiger partial charge in [-0.1, -0.05) is 11.6 Å². The average Bonchev–Trinajstić information content (AvgIpc) is 2.27. The van der Waals surface area contributed by atoms with Gasteiger partial charge < -0.3 is 15.2 Å². The van der Waals surface area contributed by atoms with Gasteiger partial charge >= 0.3 is 5.97 Å². The third-order valence-electron chi connectivity index (χ3n) is 2.13. The van der Waals surface area contributed by atoms with E-state index in [0.717, 1.165) is 12.8 Å². The van der Waals surface area contributed by atoms with Crippen molar-refractivity contribution in [3.05, 3.63) is 28.8 Å². The van der Waals surface area contributed by atoms with E-state index in [4.69, 9.17) is 26.8 Å². The SMILES string of the molecule is COCCCCOC(=O)c1cc(N)cc(Cl)c1. The standard InChI is InChI=1S/C12H16ClNO3/c1-16-4-2-3-5-17-12(15)9-6-10(13)8-11(14)7-9/h6-8H,2-5,14H2,1H3. The molecule has 2 N–H and O–H groups in total. The maximum absolute atomic E-state index is 11.6. The zero-order valence-electron chi connectivity index (χ0n) is 9.74. The number of esters is 1. The lowest BCUT2D eigenvalue weighted by molar-refractivity contribution is 0.0489. The Labute approximate surface area is 106 Å². The maximum Gasteiger partial charge on any atom is 0.338 e. The number of benzene rings is 1. The number of ether oxygens (including phenoxy) is 2. The number of hydrogen-bond donors (Lipinski definition) is 1. The van der Waals surface area contributed by atoms with Crippen LogP contribution < -0.4 is 5.73 Å². The van der Waals surface area contributed by atoms with Crippen molar-refractivity contribution in [2.75, 3.05) is 26.1 Å². The number of hydrogen-bond acceptors (Lipinski definition) is 4. The Morgan fingerprint density at radius 3 is 2.65 bits per heavy atom. The molecule has 4 nitrogen and oxygen atoms in total. The van der Waals surface area contributed by atoms with Gasteiger partial charge in [-0.15, -0.1) is 0 Å². The zero-order chi connectivity index (χ0) is 12.7. The number of carbonyl (C=O) groups is 1. The summed E-state index contributed by atoms with van der Waals surface area (Å²) < 4.78 is 9.97. The van der Waals surface area contributed by atoms with Gasteiger partial charge in [0.2, 0.25) is 0 Å². The second-order valence-corrected chi connectivity index (χ2v) is 4.05. The molecule has 1 aromatic carbocycles. The molecule has 17 heavy (non-hydrogen) atoms. The Morgan fingerprint density at radius 1 is 1.29 bits per heavy atom. The van der Waals surface area contributed by atoms with Crippen molar-refractivity contribution in [1.29, 1.82) is 0 Å². The topological polar surface area (TPSA) is 61.5 Å². The molecule has 0 aromatic heterocycles. The lowest BCUT2D eigenvalue weighted by Gasteiger charge is -2.05. The highest BCUT2D eigenvalue weighted by atomic mass is 35.5. The summed E-state index contributed by atoms with van der Waals surface area (Å²) in [4.78, 5) is 11.6. The molecule has 0 aliphatic rings. The van der Waals surface area contributed by atoms with Crippen molar-refractivity contribution in [1.82, 2.24) is 0 Å². The summed E-state index contributed by atoms with van der Waals surface area (Å²) in [5.41, 5.74) is 6.41. The molecule has 0 aliphatic heterocycles. The fourth-order valence-electron chi connectivity index (χ4n) is 1.33. The largest absolute Gasteiger partial charge is 0.462 e. The molecule has 1 rings (SSSR count). The van der Waals surface area contributed by atoms with Crippen LogP contribution in [-0.2, 0) is 9.47 Å². The molecule has 94 valence electrons. The van der Waals surface area contributed by atoms with Crippen molar-refractivity contribution in [3.63, 3.8) is 0 Å². The smallest absolute Gasteiger partial charge is 0.338 e. The average molecular weight is 258 g/mol. The molecule has 0 aliphatic carbocycles. The Balaban J connectivity index is 2.41. The molecule has 0 amide bonds. The molecular formula is C12H16ClNO3. The van der Waals surface area contributed by atoms with Crippen LogP contribution in [0.25, 0.3) is 0 Å². The van der Waals surface area contributed by atoms with E-state index in [2.05, 4.69) is 0 Å². The summed E-state index contributed by atoms with van der Waals surface area (Å²) in [7, 11) is 1.64. The van der Waals surface area contributed by atoms with Gasteiger partial charge in [-0.3, -0.25) is 0 Å². The Bertz CT molecular complexity index is 362. The Kier molecular flexibility index (Phi) is 5.80. The monoisotopic (exact) mass is 257 g/mol. The number of anilines is 1.